The van der Waals surface area contributed by atoms with E-state index in [0.717, 1.165) is 36.6 Å². The van der Waals surface area contributed by atoms with Crippen molar-refractivity contribution in [3.05, 3.63) is 71.8 Å². The van der Waals surface area contributed by atoms with Crippen LogP contribution in [0.15, 0.2) is 55.0 Å². The number of carbonyl (C=O) groups is 1. The lowest BCUT2D eigenvalue weighted by atomic mass is 10.0. The van der Waals surface area contributed by atoms with Crippen LogP contribution in [0.5, 0.6) is 5.75 Å². The van der Waals surface area contributed by atoms with E-state index in [2.05, 4.69) is 20.8 Å². The zero-order chi connectivity index (χ0) is 20.0. The van der Waals surface area contributed by atoms with E-state index in [4.69, 9.17) is 4.74 Å². The van der Waals surface area contributed by atoms with Gasteiger partial charge in [0.2, 0.25) is 0 Å². The maximum absolute atomic E-state index is 13.3. The second kappa shape index (κ2) is 7.08. The quantitative estimate of drug-likeness (QED) is 0.670. The molecule has 5 rings (SSSR count). The van der Waals surface area contributed by atoms with Gasteiger partial charge in [0.05, 0.1) is 25.4 Å². The molecular weight excluding hydrogens is 366 g/mol. The van der Waals surface area contributed by atoms with Crippen molar-refractivity contribution in [2.75, 3.05) is 20.2 Å². The number of aromatic nitrogens is 3. The van der Waals surface area contributed by atoms with Crippen LogP contribution in [0.2, 0.25) is 0 Å². The number of rotatable bonds is 5. The summed E-state index contributed by atoms with van der Waals surface area (Å²) in [6, 6.07) is 12.3. The number of amides is 1. The van der Waals surface area contributed by atoms with Crippen LogP contribution in [-0.4, -0.2) is 56.3 Å². The van der Waals surface area contributed by atoms with E-state index in [1.165, 1.54) is 5.56 Å². The summed E-state index contributed by atoms with van der Waals surface area (Å²) in [6.07, 6.45) is 6.02. The number of carbonyl (C=O) groups excluding carboxylic acids is 1. The van der Waals surface area contributed by atoms with Crippen LogP contribution in [0.4, 0.5) is 0 Å². The maximum atomic E-state index is 13.3. The largest absolute Gasteiger partial charge is 0.497 e. The number of hydrogen-bond acceptors (Lipinski definition) is 4. The van der Waals surface area contributed by atoms with Crippen molar-refractivity contribution in [3.63, 3.8) is 0 Å². The van der Waals surface area contributed by atoms with E-state index >= 15 is 0 Å². The predicted molar refractivity (Wildman–Crippen MR) is 109 cm³/mol. The Morgan fingerprint density at radius 3 is 2.59 bits per heavy atom. The highest BCUT2D eigenvalue weighted by Crippen LogP contribution is 2.35. The van der Waals surface area contributed by atoms with Crippen molar-refractivity contribution in [1.29, 1.82) is 0 Å². The van der Waals surface area contributed by atoms with Crippen molar-refractivity contribution in [2.45, 2.75) is 25.2 Å². The lowest BCUT2D eigenvalue weighted by Crippen LogP contribution is -2.49. The molecule has 1 fully saturated rings. The van der Waals surface area contributed by atoms with Crippen LogP contribution in [-0.2, 0) is 20.1 Å². The minimum atomic E-state index is 0.107. The third kappa shape index (κ3) is 3.21. The predicted octanol–water partition coefficient (Wildman–Crippen LogP) is 2.31. The van der Waals surface area contributed by atoms with Crippen molar-refractivity contribution in [2.24, 2.45) is 7.05 Å². The van der Waals surface area contributed by atoms with Gasteiger partial charge in [-0.25, -0.2) is 0 Å². The Kier molecular flexibility index (Phi) is 4.39. The Hall–Kier alpha value is -3.06. The van der Waals surface area contributed by atoms with E-state index in [-0.39, 0.29) is 18.0 Å². The molecule has 1 amide bonds. The van der Waals surface area contributed by atoms with E-state index < -0.39 is 0 Å². The Morgan fingerprint density at radius 2 is 1.86 bits per heavy atom. The summed E-state index contributed by atoms with van der Waals surface area (Å²) in [5.74, 6) is 0.935. The SMILES string of the molecule is COc1ccc(CN2C(=O)c3cccn3C3CN(Cc4cnn(C)c4)CC32)cc1. The van der Waals surface area contributed by atoms with Gasteiger partial charge >= 0.3 is 0 Å². The van der Waals surface area contributed by atoms with Crippen molar-refractivity contribution < 1.29 is 9.53 Å². The standard InChI is InChI=1S/C22H25N5O2/c1-24-11-17(10-23-24)12-25-14-20-21(15-25)27(22(28)19-4-3-9-26(19)20)13-16-5-7-18(29-2)8-6-16/h3-11,20-21H,12-15H2,1-2H3. The second-order valence-electron chi connectivity index (χ2n) is 7.93. The van der Waals surface area contributed by atoms with Crippen LogP contribution in [0, 0.1) is 0 Å². The Labute approximate surface area is 170 Å². The molecule has 7 nitrogen and oxygen atoms in total. The van der Waals surface area contributed by atoms with E-state index in [0.29, 0.717) is 6.54 Å². The normalized spacial score (nSPS) is 21.3. The summed E-state index contributed by atoms with van der Waals surface area (Å²) >= 11 is 0. The fourth-order valence-corrected chi connectivity index (χ4v) is 4.65. The Balaban J connectivity index is 1.41. The first kappa shape index (κ1) is 18.0. The van der Waals surface area contributed by atoms with Gasteiger partial charge in [-0.3, -0.25) is 14.4 Å². The number of benzene rings is 1. The monoisotopic (exact) mass is 391 g/mol. The van der Waals surface area contributed by atoms with Gasteiger partial charge in [0.15, 0.2) is 0 Å². The topological polar surface area (TPSA) is 55.5 Å². The van der Waals surface area contributed by atoms with Gasteiger partial charge in [0.1, 0.15) is 11.4 Å². The molecule has 2 aromatic heterocycles. The molecule has 2 aliphatic rings. The third-order valence-corrected chi connectivity index (χ3v) is 6.03. The molecule has 2 aliphatic heterocycles. The average molecular weight is 391 g/mol. The van der Waals surface area contributed by atoms with Crippen molar-refractivity contribution in [3.8, 4) is 5.75 Å². The van der Waals surface area contributed by atoms with Gasteiger partial charge in [-0.05, 0) is 29.8 Å². The highest BCUT2D eigenvalue weighted by molar-refractivity contribution is 5.94. The molecule has 0 saturated carbocycles. The van der Waals surface area contributed by atoms with Gasteiger partial charge < -0.3 is 14.2 Å². The fourth-order valence-electron chi connectivity index (χ4n) is 4.65. The molecule has 0 spiro atoms. The van der Waals surface area contributed by atoms with Crippen molar-refractivity contribution >= 4 is 5.91 Å². The molecule has 7 heteroatoms. The molecule has 150 valence electrons. The fraction of sp³-hybridized carbons (Fsp3) is 0.364. The number of aryl methyl sites for hydroxylation is 1. The molecule has 1 saturated heterocycles. The van der Waals surface area contributed by atoms with Crippen LogP contribution in [0.25, 0.3) is 0 Å². The summed E-state index contributed by atoms with van der Waals surface area (Å²) in [5, 5.41) is 4.28. The molecule has 2 unspecified atom stereocenters. The van der Waals surface area contributed by atoms with Crippen LogP contribution in [0.1, 0.15) is 27.7 Å². The van der Waals surface area contributed by atoms with Gasteiger partial charge in [0.25, 0.3) is 5.91 Å². The number of likely N-dealkylation sites (tertiary alicyclic amines) is 1. The average Bonchev–Trinajstić information content (AvgIpc) is 3.45. The number of hydrogen-bond donors (Lipinski definition) is 0. The summed E-state index contributed by atoms with van der Waals surface area (Å²) in [6.45, 7) is 3.24. The smallest absolute Gasteiger partial charge is 0.271 e. The molecule has 2 atom stereocenters. The Morgan fingerprint density at radius 1 is 1.07 bits per heavy atom. The van der Waals surface area contributed by atoms with Gasteiger partial charge in [0, 0.05) is 51.2 Å². The molecular formula is C22H25N5O2. The van der Waals surface area contributed by atoms with E-state index in [1.807, 2.05) is 65.4 Å². The number of ether oxygens (including phenoxy) is 1. The zero-order valence-corrected chi connectivity index (χ0v) is 16.7. The summed E-state index contributed by atoms with van der Waals surface area (Å²) in [4.78, 5) is 17.7. The highest BCUT2D eigenvalue weighted by atomic mass is 16.5. The van der Waals surface area contributed by atoms with Crippen molar-refractivity contribution in [1.82, 2.24) is 24.1 Å². The first-order valence-electron chi connectivity index (χ1n) is 9.93. The lowest BCUT2D eigenvalue weighted by molar-refractivity contribution is 0.0556. The second-order valence-corrected chi connectivity index (χ2v) is 7.93. The highest BCUT2D eigenvalue weighted by Gasteiger charge is 2.44. The molecule has 29 heavy (non-hydrogen) atoms. The number of methoxy groups -OCH3 is 1. The molecule has 1 aromatic carbocycles. The van der Waals surface area contributed by atoms with Crippen LogP contribution < -0.4 is 4.74 Å². The van der Waals surface area contributed by atoms with Gasteiger partial charge in [-0.1, -0.05) is 12.1 Å². The molecule has 3 aromatic rings. The minimum Gasteiger partial charge on any atom is -0.497 e. The molecule has 4 heterocycles. The summed E-state index contributed by atoms with van der Waals surface area (Å²) < 4.78 is 9.26. The van der Waals surface area contributed by atoms with E-state index in [1.54, 1.807) is 7.11 Å². The maximum Gasteiger partial charge on any atom is 0.271 e. The van der Waals surface area contributed by atoms with Gasteiger partial charge in [-0.2, -0.15) is 5.10 Å². The Bertz CT molecular complexity index is 1020. The lowest BCUT2D eigenvalue weighted by Gasteiger charge is -2.38. The molecule has 0 radical (unpaired) electrons. The number of nitrogens with zero attached hydrogens (tertiary/aromatic N) is 5. The first-order chi connectivity index (χ1) is 14.1. The first-order valence-corrected chi connectivity index (χ1v) is 9.93. The van der Waals surface area contributed by atoms with Crippen LogP contribution in [0.3, 0.4) is 0 Å². The minimum absolute atomic E-state index is 0.107. The molecule has 0 aliphatic carbocycles. The zero-order valence-electron chi connectivity index (χ0n) is 16.7. The summed E-state index contributed by atoms with van der Waals surface area (Å²) in [7, 11) is 3.60. The third-order valence-electron chi connectivity index (χ3n) is 6.03. The molecule has 0 bridgehead atoms. The van der Waals surface area contributed by atoms with E-state index in [9.17, 15) is 4.79 Å². The number of fused-ring (bicyclic) bond motifs is 3. The molecule has 0 N–H and O–H groups in total. The summed E-state index contributed by atoms with van der Waals surface area (Å²) in [5.41, 5.74) is 3.10. The van der Waals surface area contributed by atoms with Gasteiger partial charge in [-0.15, -0.1) is 0 Å². The van der Waals surface area contributed by atoms with Crippen LogP contribution >= 0.6 is 0 Å².